The van der Waals surface area contributed by atoms with E-state index in [2.05, 4.69) is 229 Å². The third-order valence-electron chi connectivity index (χ3n) is 13.4. The Labute approximate surface area is 348 Å². The lowest BCUT2D eigenvalue weighted by atomic mass is 9.67. The molecule has 0 unspecified atom stereocenters. The summed E-state index contributed by atoms with van der Waals surface area (Å²) in [6.07, 6.45) is 0. The van der Waals surface area contributed by atoms with E-state index in [9.17, 15) is 0 Å². The van der Waals surface area contributed by atoms with E-state index in [0.29, 0.717) is 0 Å². The van der Waals surface area contributed by atoms with Gasteiger partial charge in [0.15, 0.2) is 0 Å². The maximum absolute atomic E-state index is 2.54. The summed E-state index contributed by atoms with van der Waals surface area (Å²) in [6.45, 7) is 0. The van der Waals surface area contributed by atoms with Crippen molar-refractivity contribution in [2.75, 3.05) is 0 Å². The van der Waals surface area contributed by atoms with Crippen LogP contribution < -0.4 is 0 Å². The molecule has 0 saturated carbocycles. The van der Waals surface area contributed by atoms with Gasteiger partial charge in [0.2, 0.25) is 0 Å². The Kier molecular flexibility index (Phi) is 7.00. The molecule has 1 aliphatic rings. The molecule has 0 N–H and O–H groups in total. The van der Waals surface area contributed by atoms with Gasteiger partial charge in [0, 0.05) is 16.5 Å². The van der Waals surface area contributed by atoms with E-state index >= 15 is 0 Å². The van der Waals surface area contributed by atoms with Crippen molar-refractivity contribution >= 4 is 64.9 Å². The van der Waals surface area contributed by atoms with Crippen LogP contribution in [-0.2, 0) is 5.41 Å². The molecular weight excluding hydrogens is 723 g/mol. The van der Waals surface area contributed by atoms with E-state index in [1.165, 1.54) is 109 Å². The van der Waals surface area contributed by atoms with Gasteiger partial charge in [-0.05, 0) is 124 Å². The predicted octanol–water partition coefficient (Wildman–Crippen LogP) is 15.4. The van der Waals surface area contributed by atoms with Crippen LogP contribution in [0.25, 0.3) is 92.8 Å². The second kappa shape index (κ2) is 12.6. The van der Waals surface area contributed by atoms with Crippen LogP contribution in [0.3, 0.4) is 0 Å². The highest BCUT2D eigenvalue weighted by atomic mass is 15.0. The molecular formula is C59H37N. The first-order valence-corrected chi connectivity index (χ1v) is 20.9. The van der Waals surface area contributed by atoms with Gasteiger partial charge in [-0.1, -0.05) is 188 Å². The van der Waals surface area contributed by atoms with Crippen molar-refractivity contribution in [2.45, 2.75) is 5.41 Å². The number of fused-ring (bicyclic) bond motifs is 13. The van der Waals surface area contributed by atoms with Gasteiger partial charge >= 0.3 is 0 Å². The second-order valence-corrected chi connectivity index (χ2v) is 16.3. The van der Waals surface area contributed by atoms with E-state index < -0.39 is 5.41 Å². The van der Waals surface area contributed by atoms with Gasteiger partial charge in [-0.25, -0.2) is 0 Å². The van der Waals surface area contributed by atoms with Crippen molar-refractivity contribution in [1.29, 1.82) is 0 Å². The Bertz CT molecular complexity index is 3610. The quantitative estimate of drug-likeness (QED) is 0.124. The van der Waals surface area contributed by atoms with Crippen LogP contribution in [0.5, 0.6) is 0 Å². The van der Waals surface area contributed by atoms with Crippen LogP contribution >= 0.6 is 0 Å². The topological polar surface area (TPSA) is 4.93 Å². The third kappa shape index (κ3) is 4.47. The molecule has 0 atom stereocenters. The van der Waals surface area contributed by atoms with E-state index in [-0.39, 0.29) is 0 Å². The zero-order chi connectivity index (χ0) is 39.4. The van der Waals surface area contributed by atoms with Gasteiger partial charge < -0.3 is 4.57 Å². The molecule has 0 fully saturated rings. The second-order valence-electron chi connectivity index (χ2n) is 16.3. The van der Waals surface area contributed by atoms with E-state index in [0.717, 1.165) is 5.69 Å². The highest BCUT2D eigenvalue weighted by Gasteiger charge is 2.46. The fourth-order valence-electron chi connectivity index (χ4n) is 11.0. The molecule has 13 rings (SSSR count). The predicted molar refractivity (Wildman–Crippen MR) is 254 cm³/mol. The van der Waals surface area contributed by atoms with Gasteiger partial charge in [-0.15, -0.1) is 0 Å². The summed E-state index contributed by atoms with van der Waals surface area (Å²) >= 11 is 0. The van der Waals surface area contributed by atoms with Crippen molar-refractivity contribution < 1.29 is 0 Å². The molecule has 1 nitrogen and oxygen atoms in total. The highest BCUT2D eigenvalue weighted by molar-refractivity contribution is 6.32. The summed E-state index contributed by atoms with van der Waals surface area (Å²) in [5.74, 6) is 0. The van der Waals surface area contributed by atoms with Crippen LogP contribution in [0.15, 0.2) is 224 Å². The fraction of sp³-hybridized carbons (Fsp3) is 0.0169. The minimum Gasteiger partial charge on any atom is -0.309 e. The van der Waals surface area contributed by atoms with Gasteiger partial charge in [0.05, 0.1) is 16.4 Å². The summed E-state index contributed by atoms with van der Waals surface area (Å²) < 4.78 is 2.46. The molecule has 1 aromatic heterocycles. The van der Waals surface area contributed by atoms with Crippen molar-refractivity contribution in [3.8, 4) is 27.9 Å². The summed E-state index contributed by atoms with van der Waals surface area (Å²) in [7, 11) is 0. The molecule has 1 aliphatic carbocycles. The molecule has 1 heterocycles. The molecule has 0 spiro atoms. The number of hydrogen-bond donors (Lipinski definition) is 0. The standard InChI is InChI=1S/C59H37N/c1-3-18-40(19-4-1)59(41-20-5-2-6-21-41)53-36-39(57-43-22-8-7-17-38(43)35-52-46-25-10-9-23-44(46)45-24-11-12-28-51(45)58(52)57)31-33-47(53)48-34-32-42(37-54(48)59)60-55-29-15-13-26-49(55)50-27-14-16-30-56(50)60/h1-37H. The number of para-hydroxylation sites is 2. The summed E-state index contributed by atoms with van der Waals surface area (Å²) in [5.41, 5.74) is 13.2. The van der Waals surface area contributed by atoms with Crippen molar-refractivity contribution in [2.24, 2.45) is 0 Å². The fourth-order valence-corrected chi connectivity index (χ4v) is 11.0. The zero-order valence-electron chi connectivity index (χ0n) is 32.8. The van der Waals surface area contributed by atoms with E-state index in [4.69, 9.17) is 0 Å². The van der Waals surface area contributed by atoms with Gasteiger partial charge in [-0.2, -0.15) is 0 Å². The monoisotopic (exact) mass is 759 g/mol. The summed E-state index contributed by atoms with van der Waals surface area (Å²) in [6, 6.07) is 83.9. The summed E-state index contributed by atoms with van der Waals surface area (Å²) in [4.78, 5) is 0. The van der Waals surface area contributed by atoms with Crippen LogP contribution in [0, 0.1) is 0 Å². The zero-order valence-corrected chi connectivity index (χ0v) is 32.8. The summed E-state index contributed by atoms with van der Waals surface area (Å²) in [5, 5.41) is 12.8. The van der Waals surface area contributed by atoms with Gasteiger partial charge in [0.25, 0.3) is 0 Å². The molecule has 60 heavy (non-hydrogen) atoms. The highest BCUT2D eigenvalue weighted by Crippen LogP contribution is 2.58. The van der Waals surface area contributed by atoms with E-state index in [1.807, 2.05) is 0 Å². The molecule has 278 valence electrons. The van der Waals surface area contributed by atoms with Crippen LogP contribution in [0.4, 0.5) is 0 Å². The number of benzene rings is 11. The lowest BCUT2D eigenvalue weighted by Gasteiger charge is -2.34. The lowest BCUT2D eigenvalue weighted by Crippen LogP contribution is -2.28. The number of aromatic nitrogens is 1. The van der Waals surface area contributed by atoms with Gasteiger partial charge in [0.1, 0.15) is 0 Å². The van der Waals surface area contributed by atoms with E-state index in [1.54, 1.807) is 0 Å². The molecule has 0 bridgehead atoms. The molecule has 0 radical (unpaired) electrons. The number of nitrogens with zero attached hydrogens (tertiary/aromatic N) is 1. The Morgan fingerprint density at radius 1 is 0.317 bits per heavy atom. The van der Waals surface area contributed by atoms with Crippen LogP contribution in [0.2, 0.25) is 0 Å². The average molecular weight is 760 g/mol. The SMILES string of the molecule is c1ccc(C2(c3ccccc3)c3cc(-c4c5ccccc5cc5c6ccccc6c6ccccc6c45)ccc3-c3ccc(-n4c5ccccc5c5ccccc54)cc32)cc1. The molecule has 11 aromatic carbocycles. The Hall–Kier alpha value is -7.74. The minimum absolute atomic E-state index is 0.590. The van der Waals surface area contributed by atoms with Crippen molar-refractivity contribution in [3.63, 3.8) is 0 Å². The Morgan fingerprint density at radius 2 is 0.783 bits per heavy atom. The molecule has 0 saturated heterocycles. The minimum atomic E-state index is -0.590. The van der Waals surface area contributed by atoms with Gasteiger partial charge in [-0.3, -0.25) is 0 Å². The maximum atomic E-state index is 2.54. The molecule has 12 aromatic rings. The first-order chi connectivity index (χ1) is 29.8. The molecule has 1 heteroatoms. The average Bonchev–Trinajstić information content (AvgIpc) is 3.81. The number of hydrogen-bond acceptors (Lipinski definition) is 0. The molecule has 0 aliphatic heterocycles. The smallest absolute Gasteiger partial charge is 0.0714 e. The van der Waals surface area contributed by atoms with Crippen molar-refractivity contribution in [1.82, 2.24) is 4.57 Å². The lowest BCUT2D eigenvalue weighted by molar-refractivity contribution is 0.768. The third-order valence-corrected chi connectivity index (χ3v) is 13.4. The first kappa shape index (κ1) is 33.3. The molecule has 0 amide bonds. The Morgan fingerprint density at radius 3 is 1.42 bits per heavy atom. The van der Waals surface area contributed by atoms with Crippen molar-refractivity contribution in [3.05, 3.63) is 247 Å². The number of rotatable bonds is 4. The van der Waals surface area contributed by atoms with Crippen LogP contribution in [-0.4, -0.2) is 4.57 Å². The Balaban J connectivity index is 1.16. The normalized spacial score (nSPS) is 13.1. The first-order valence-electron chi connectivity index (χ1n) is 20.9. The maximum Gasteiger partial charge on any atom is 0.0714 e. The largest absolute Gasteiger partial charge is 0.309 e. The van der Waals surface area contributed by atoms with Crippen LogP contribution in [0.1, 0.15) is 22.3 Å².